The number of sulfonamides is 1. The Bertz CT molecular complexity index is 1890. The molecule has 0 spiro atoms. The van der Waals surface area contributed by atoms with E-state index in [1.165, 1.54) is 29.7 Å². The molecule has 0 unspecified atom stereocenters. The first-order chi connectivity index (χ1) is 22.7. The van der Waals surface area contributed by atoms with E-state index in [2.05, 4.69) is 15.2 Å². The zero-order valence-electron chi connectivity index (χ0n) is 26.6. The Kier molecular flexibility index (Phi) is 9.97. The SMILES string of the molecule is CC(C)CN(C[C@@H](O)[C@H](Cc1ccccc1)NC(=O)Oc1coc2occc12)S(=O)(=O)c1ccc2ncn(CCN3CCCC3)c2c1. The van der Waals surface area contributed by atoms with E-state index in [4.69, 9.17) is 13.6 Å². The molecule has 0 aliphatic carbocycles. The molecule has 1 saturated heterocycles. The van der Waals surface area contributed by atoms with Crippen LogP contribution in [0.4, 0.5) is 4.79 Å². The highest BCUT2D eigenvalue weighted by molar-refractivity contribution is 7.89. The number of carbonyl (C=O) groups excluding carboxylic acids is 1. The van der Waals surface area contributed by atoms with E-state index in [0.717, 1.165) is 36.2 Å². The molecule has 5 aromatic rings. The van der Waals surface area contributed by atoms with Crippen LogP contribution < -0.4 is 10.1 Å². The maximum Gasteiger partial charge on any atom is 0.413 e. The van der Waals surface area contributed by atoms with Crippen LogP contribution in [-0.2, 0) is 23.0 Å². The number of ether oxygens (including phenoxy) is 1. The number of furan rings is 2. The first kappa shape index (κ1) is 32.8. The smallest absolute Gasteiger partial charge is 0.413 e. The van der Waals surface area contributed by atoms with Crippen molar-refractivity contribution in [3.8, 4) is 5.75 Å². The number of benzene rings is 2. The van der Waals surface area contributed by atoms with E-state index in [0.29, 0.717) is 11.9 Å². The molecule has 13 heteroatoms. The summed E-state index contributed by atoms with van der Waals surface area (Å²) >= 11 is 0. The van der Waals surface area contributed by atoms with Crippen LogP contribution in [0.1, 0.15) is 32.3 Å². The summed E-state index contributed by atoms with van der Waals surface area (Å²) in [7, 11) is -4.05. The van der Waals surface area contributed by atoms with Gasteiger partial charge in [-0.1, -0.05) is 44.2 Å². The van der Waals surface area contributed by atoms with Crippen molar-refractivity contribution < 1.29 is 31.9 Å². The van der Waals surface area contributed by atoms with Gasteiger partial charge in [0.15, 0.2) is 5.75 Å². The van der Waals surface area contributed by atoms with Crippen molar-refractivity contribution in [2.75, 3.05) is 32.7 Å². The predicted molar refractivity (Wildman–Crippen MR) is 177 cm³/mol. The Morgan fingerprint density at radius 1 is 1.06 bits per heavy atom. The topological polar surface area (TPSA) is 143 Å². The highest BCUT2D eigenvalue weighted by atomic mass is 32.2. The van der Waals surface area contributed by atoms with Crippen LogP contribution in [0.2, 0.25) is 0 Å². The summed E-state index contributed by atoms with van der Waals surface area (Å²) in [4.78, 5) is 20.1. The third-order valence-electron chi connectivity index (χ3n) is 8.48. The molecule has 2 N–H and O–H groups in total. The quantitative estimate of drug-likeness (QED) is 0.170. The summed E-state index contributed by atoms with van der Waals surface area (Å²) in [5, 5.41) is 14.9. The number of carbonyl (C=O) groups is 1. The average Bonchev–Trinajstić information content (AvgIpc) is 3.86. The molecule has 1 amide bonds. The highest BCUT2D eigenvalue weighted by Gasteiger charge is 2.32. The van der Waals surface area contributed by atoms with Gasteiger partial charge in [-0.25, -0.2) is 18.2 Å². The third-order valence-corrected chi connectivity index (χ3v) is 10.3. The van der Waals surface area contributed by atoms with E-state index in [-0.39, 0.29) is 41.9 Å². The van der Waals surface area contributed by atoms with Crippen molar-refractivity contribution in [2.24, 2.45) is 5.92 Å². The molecule has 47 heavy (non-hydrogen) atoms. The minimum atomic E-state index is -4.05. The van der Waals surface area contributed by atoms with Crippen LogP contribution in [0.3, 0.4) is 0 Å². The van der Waals surface area contributed by atoms with Gasteiger partial charge in [0.25, 0.3) is 0 Å². The Balaban J connectivity index is 1.22. The average molecular weight is 664 g/mol. The maximum absolute atomic E-state index is 14.2. The van der Waals surface area contributed by atoms with Gasteiger partial charge in [0, 0.05) is 26.2 Å². The molecule has 1 aliphatic heterocycles. The fraction of sp³-hybridized carbons (Fsp3) is 0.412. The molecule has 4 heterocycles. The summed E-state index contributed by atoms with van der Waals surface area (Å²) in [6.45, 7) is 7.50. The molecule has 0 saturated carbocycles. The molecule has 6 rings (SSSR count). The van der Waals surface area contributed by atoms with Crippen LogP contribution in [-0.4, -0.2) is 83.2 Å². The lowest BCUT2D eigenvalue weighted by atomic mass is 10.0. The van der Waals surface area contributed by atoms with E-state index < -0.39 is 28.3 Å². The highest BCUT2D eigenvalue weighted by Crippen LogP contribution is 2.29. The van der Waals surface area contributed by atoms with Gasteiger partial charge in [0.1, 0.15) is 11.6 Å². The van der Waals surface area contributed by atoms with Gasteiger partial charge in [-0.05, 0) is 68.1 Å². The number of aromatic nitrogens is 2. The first-order valence-corrected chi connectivity index (χ1v) is 17.4. The number of fused-ring (bicyclic) bond motifs is 2. The second-order valence-corrected chi connectivity index (χ2v) is 14.4. The number of nitrogens with zero attached hydrogens (tertiary/aromatic N) is 4. The fourth-order valence-electron chi connectivity index (χ4n) is 6.04. The molecular formula is C34H41N5O7S. The lowest BCUT2D eigenvalue weighted by molar-refractivity contribution is 0.0992. The molecule has 12 nitrogen and oxygen atoms in total. The first-order valence-electron chi connectivity index (χ1n) is 16.0. The van der Waals surface area contributed by atoms with Crippen molar-refractivity contribution in [1.29, 1.82) is 0 Å². The monoisotopic (exact) mass is 663 g/mol. The minimum absolute atomic E-state index is 0.0318. The molecular weight excluding hydrogens is 622 g/mol. The van der Waals surface area contributed by atoms with Crippen molar-refractivity contribution in [3.05, 3.63) is 79.0 Å². The van der Waals surface area contributed by atoms with Gasteiger partial charge in [-0.15, -0.1) is 0 Å². The number of hydrogen-bond donors (Lipinski definition) is 2. The van der Waals surface area contributed by atoms with Gasteiger partial charge >= 0.3 is 11.9 Å². The van der Waals surface area contributed by atoms with Crippen LogP contribution in [0.25, 0.3) is 22.2 Å². The standard InChI is InChI=1S/C34H41N5O7S/c1-24(2)20-39(47(42,43)26-10-11-28-30(19-26)38(23-35-28)16-15-37-13-6-7-14-37)21-31(40)29(18-25-8-4-3-5-9-25)36-34(41)46-32-22-45-33-27(32)12-17-44-33/h3-5,8-12,17,19,22-24,29,31,40H,6-7,13-16,18,20-21H2,1-2H3,(H,36,41)/t29-,31+/m0/s1. The largest absolute Gasteiger partial charge is 0.433 e. The third kappa shape index (κ3) is 7.70. The summed E-state index contributed by atoms with van der Waals surface area (Å²) in [5.41, 5.74) is 2.31. The Morgan fingerprint density at radius 3 is 2.62 bits per heavy atom. The number of rotatable bonds is 14. The second kappa shape index (κ2) is 14.3. The van der Waals surface area contributed by atoms with Crippen molar-refractivity contribution in [2.45, 2.75) is 56.7 Å². The molecule has 250 valence electrons. The van der Waals surface area contributed by atoms with Gasteiger partial charge in [-0.3, -0.25) is 0 Å². The van der Waals surface area contributed by atoms with Crippen LogP contribution >= 0.6 is 0 Å². The molecule has 0 bridgehead atoms. The van der Waals surface area contributed by atoms with Crippen molar-refractivity contribution >= 4 is 38.3 Å². The number of hydrogen-bond acceptors (Lipinski definition) is 9. The van der Waals surface area contributed by atoms with Crippen molar-refractivity contribution in [1.82, 2.24) is 24.1 Å². The van der Waals surface area contributed by atoms with Crippen LogP contribution in [0, 0.1) is 5.92 Å². The molecule has 0 radical (unpaired) electrons. The Labute approximate surface area is 274 Å². The number of aliphatic hydroxyl groups excluding tert-OH is 1. The van der Waals surface area contributed by atoms with Gasteiger partial charge in [0.05, 0.1) is 40.7 Å². The Hall–Kier alpha value is -4.17. The predicted octanol–water partition coefficient (Wildman–Crippen LogP) is 4.88. The van der Waals surface area contributed by atoms with E-state index in [9.17, 15) is 18.3 Å². The molecule has 1 fully saturated rings. The zero-order valence-corrected chi connectivity index (χ0v) is 27.4. The number of amides is 1. The molecule has 2 atom stereocenters. The minimum Gasteiger partial charge on any atom is -0.433 e. The van der Waals surface area contributed by atoms with E-state index >= 15 is 0 Å². The van der Waals surface area contributed by atoms with Gasteiger partial charge < -0.3 is 33.5 Å². The van der Waals surface area contributed by atoms with E-state index in [1.54, 1.807) is 30.6 Å². The lowest BCUT2D eigenvalue weighted by Crippen LogP contribution is -2.51. The number of aliphatic hydroxyl groups is 1. The summed E-state index contributed by atoms with van der Waals surface area (Å²) in [6, 6.07) is 15.0. The zero-order chi connectivity index (χ0) is 33.0. The van der Waals surface area contributed by atoms with Crippen LogP contribution in [0.5, 0.6) is 5.75 Å². The van der Waals surface area contributed by atoms with Gasteiger partial charge in [0.2, 0.25) is 10.0 Å². The number of nitrogens with one attached hydrogen (secondary N) is 1. The van der Waals surface area contributed by atoms with Crippen LogP contribution in [0.15, 0.2) is 87.2 Å². The van der Waals surface area contributed by atoms with Gasteiger partial charge in [-0.2, -0.15) is 4.31 Å². The normalized spacial score (nSPS) is 15.6. The Morgan fingerprint density at radius 2 is 1.85 bits per heavy atom. The fourth-order valence-corrected chi connectivity index (χ4v) is 7.69. The molecule has 3 aromatic heterocycles. The lowest BCUT2D eigenvalue weighted by Gasteiger charge is -2.30. The number of imidazole rings is 1. The molecule has 2 aromatic carbocycles. The van der Waals surface area contributed by atoms with Crippen molar-refractivity contribution in [3.63, 3.8) is 0 Å². The van der Waals surface area contributed by atoms with E-state index in [1.807, 2.05) is 48.7 Å². The maximum atomic E-state index is 14.2. The summed E-state index contributed by atoms with van der Waals surface area (Å²) < 4.78 is 47.7. The summed E-state index contributed by atoms with van der Waals surface area (Å²) in [5.74, 6) is 0.352. The molecule has 1 aliphatic rings. The second-order valence-electron chi connectivity index (χ2n) is 12.5. The summed E-state index contributed by atoms with van der Waals surface area (Å²) in [6.07, 6.45) is 4.99. The number of likely N-dealkylation sites (tertiary alicyclic amines) is 1.